The first-order chi connectivity index (χ1) is 7.08. The predicted octanol–water partition coefficient (Wildman–Crippen LogP) is 2.12. The monoisotopic (exact) mass is 213 g/mol. The Morgan fingerprint density at radius 3 is 2.73 bits per heavy atom. The van der Waals surface area contributed by atoms with E-state index in [1.807, 2.05) is 6.92 Å². The van der Waals surface area contributed by atoms with Gasteiger partial charge in [0.15, 0.2) is 0 Å². The molecular weight excluding hydrogens is 201 g/mol. The SMILES string of the molecule is CCc1cc(F)c(N)cc1OC(=O)OC. The normalized spacial score (nSPS) is 9.80. The van der Waals surface area contributed by atoms with Gasteiger partial charge in [0, 0.05) is 6.07 Å². The minimum atomic E-state index is -0.851. The third-order valence-electron chi connectivity index (χ3n) is 1.92. The molecule has 1 aromatic rings. The van der Waals surface area contributed by atoms with Gasteiger partial charge in [0.25, 0.3) is 0 Å². The molecule has 0 aliphatic rings. The maximum absolute atomic E-state index is 13.1. The molecule has 0 bridgehead atoms. The lowest BCUT2D eigenvalue weighted by Gasteiger charge is -2.09. The number of carbonyl (C=O) groups excluding carboxylic acids is 1. The lowest BCUT2D eigenvalue weighted by Crippen LogP contribution is -2.09. The highest BCUT2D eigenvalue weighted by Gasteiger charge is 2.11. The number of methoxy groups -OCH3 is 1. The summed E-state index contributed by atoms with van der Waals surface area (Å²) in [5, 5.41) is 0. The summed E-state index contributed by atoms with van der Waals surface area (Å²) in [6, 6.07) is 2.51. The van der Waals surface area contributed by atoms with Crippen molar-refractivity contribution in [3.8, 4) is 5.75 Å². The summed E-state index contributed by atoms with van der Waals surface area (Å²) in [6.45, 7) is 1.81. The molecule has 1 aromatic carbocycles. The van der Waals surface area contributed by atoms with Crippen molar-refractivity contribution in [2.24, 2.45) is 0 Å². The summed E-state index contributed by atoms with van der Waals surface area (Å²) >= 11 is 0. The van der Waals surface area contributed by atoms with E-state index >= 15 is 0 Å². The highest BCUT2D eigenvalue weighted by atomic mass is 19.1. The van der Waals surface area contributed by atoms with E-state index in [9.17, 15) is 9.18 Å². The molecule has 0 heterocycles. The number of benzene rings is 1. The van der Waals surface area contributed by atoms with E-state index in [1.54, 1.807) is 0 Å². The molecule has 1 rings (SSSR count). The molecule has 0 saturated carbocycles. The smallest absolute Gasteiger partial charge is 0.437 e. The van der Waals surface area contributed by atoms with Crippen LogP contribution < -0.4 is 10.5 Å². The first-order valence-electron chi connectivity index (χ1n) is 4.42. The van der Waals surface area contributed by atoms with Crippen LogP contribution in [0.5, 0.6) is 5.75 Å². The van der Waals surface area contributed by atoms with Crippen LogP contribution in [0.4, 0.5) is 14.9 Å². The number of aryl methyl sites for hydroxylation is 1. The van der Waals surface area contributed by atoms with E-state index < -0.39 is 12.0 Å². The van der Waals surface area contributed by atoms with Gasteiger partial charge in [0.1, 0.15) is 11.6 Å². The van der Waals surface area contributed by atoms with Gasteiger partial charge in [-0.05, 0) is 18.1 Å². The highest BCUT2D eigenvalue weighted by Crippen LogP contribution is 2.25. The van der Waals surface area contributed by atoms with Crippen LogP contribution in [0.1, 0.15) is 12.5 Å². The molecule has 0 aromatic heterocycles. The molecule has 0 aliphatic heterocycles. The Labute approximate surface area is 86.8 Å². The highest BCUT2D eigenvalue weighted by molar-refractivity contribution is 5.65. The fraction of sp³-hybridized carbons (Fsp3) is 0.300. The molecule has 0 saturated heterocycles. The molecule has 0 aliphatic carbocycles. The Balaban J connectivity index is 3.05. The molecule has 82 valence electrons. The minimum Gasteiger partial charge on any atom is -0.437 e. The van der Waals surface area contributed by atoms with E-state index in [0.29, 0.717) is 12.0 Å². The molecular formula is C10H12FNO3. The van der Waals surface area contributed by atoms with Crippen LogP contribution in [0.15, 0.2) is 12.1 Å². The van der Waals surface area contributed by atoms with Crippen molar-refractivity contribution >= 4 is 11.8 Å². The van der Waals surface area contributed by atoms with Crippen LogP contribution in [0.2, 0.25) is 0 Å². The van der Waals surface area contributed by atoms with Gasteiger partial charge in [-0.3, -0.25) is 0 Å². The van der Waals surface area contributed by atoms with Crippen LogP contribution >= 0.6 is 0 Å². The first kappa shape index (κ1) is 11.3. The molecule has 0 unspecified atom stereocenters. The number of ether oxygens (including phenoxy) is 2. The summed E-state index contributed by atoms with van der Waals surface area (Å²) in [5.74, 6) is -0.299. The van der Waals surface area contributed by atoms with Crippen molar-refractivity contribution in [3.05, 3.63) is 23.5 Å². The largest absolute Gasteiger partial charge is 0.513 e. The second-order valence-electron chi connectivity index (χ2n) is 2.89. The number of anilines is 1. The summed E-state index contributed by atoms with van der Waals surface area (Å²) in [4.78, 5) is 10.9. The second-order valence-corrected chi connectivity index (χ2v) is 2.89. The van der Waals surface area contributed by atoms with Crippen LogP contribution in [-0.2, 0) is 11.2 Å². The summed E-state index contributed by atoms with van der Waals surface area (Å²) < 4.78 is 22.2. The molecule has 0 atom stereocenters. The van der Waals surface area contributed by atoms with Crippen LogP contribution in [0, 0.1) is 5.82 Å². The zero-order chi connectivity index (χ0) is 11.4. The summed E-state index contributed by atoms with van der Waals surface area (Å²) in [6.07, 6.45) is -0.320. The molecule has 0 radical (unpaired) electrons. The van der Waals surface area contributed by atoms with Gasteiger partial charge in [0.2, 0.25) is 0 Å². The third-order valence-corrected chi connectivity index (χ3v) is 1.92. The van der Waals surface area contributed by atoms with Gasteiger partial charge < -0.3 is 15.2 Å². The number of nitrogen functional groups attached to an aromatic ring is 1. The lowest BCUT2D eigenvalue weighted by atomic mass is 10.1. The minimum absolute atomic E-state index is 0.0638. The number of halogens is 1. The van der Waals surface area contributed by atoms with E-state index in [4.69, 9.17) is 10.5 Å². The van der Waals surface area contributed by atoms with Gasteiger partial charge in [-0.15, -0.1) is 0 Å². The Morgan fingerprint density at radius 2 is 2.20 bits per heavy atom. The Kier molecular flexibility index (Phi) is 3.49. The zero-order valence-electron chi connectivity index (χ0n) is 8.54. The third kappa shape index (κ3) is 2.59. The lowest BCUT2D eigenvalue weighted by molar-refractivity contribution is 0.121. The average Bonchev–Trinajstić information content (AvgIpc) is 2.22. The standard InChI is InChI=1S/C10H12FNO3/c1-3-6-4-7(11)8(12)5-9(6)15-10(13)14-2/h4-5H,3,12H2,1-2H3. The Hall–Kier alpha value is -1.78. The maximum atomic E-state index is 13.1. The van der Waals surface area contributed by atoms with Crippen molar-refractivity contribution in [3.63, 3.8) is 0 Å². The van der Waals surface area contributed by atoms with Crippen LogP contribution in [0.25, 0.3) is 0 Å². The van der Waals surface area contributed by atoms with Gasteiger partial charge in [0.05, 0.1) is 12.8 Å². The number of carbonyl (C=O) groups is 1. The summed E-state index contributed by atoms with van der Waals surface area (Å²) in [5.41, 5.74) is 5.85. The van der Waals surface area contributed by atoms with Crippen LogP contribution in [0.3, 0.4) is 0 Å². The molecule has 0 spiro atoms. The molecule has 4 nitrogen and oxygen atoms in total. The zero-order valence-corrected chi connectivity index (χ0v) is 8.54. The van der Waals surface area contributed by atoms with Crippen LogP contribution in [-0.4, -0.2) is 13.3 Å². The Morgan fingerprint density at radius 1 is 1.53 bits per heavy atom. The van der Waals surface area contributed by atoms with Crippen molar-refractivity contribution in [2.75, 3.05) is 12.8 Å². The topological polar surface area (TPSA) is 61.5 Å². The fourth-order valence-electron chi connectivity index (χ4n) is 1.11. The molecule has 0 fully saturated rings. The van der Waals surface area contributed by atoms with E-state index in [0.717, 1.165) is 0 Å². The molecule has 0 amide bonds. The first-order valence-corrected chi connectivity index (χ1v) is 4.42. The van der Waals surface area contributed by atoms with Crippen molar-refractivity contribution in [1.82, 2.24) is 0 Å². The molecule has 2 N–H and O–H groups in total. The van der Waals surface area contributed by atoms with E-state index in [2.05, 4.69) is 4.74 Å². The van der Waals surface area contributed by atoms with E-state index in [1.165, 1.54) is 19.2 Å². The maximum Gasteiger partial charge on any atom is 0.513 e. The van der Waals surface area contributed by atoms with Gasteiger partial charge in [-0.25, -0.2) is 9.18 Å². The van der Waals surface area contributed by atoms with Gasteiger partial charge in [-0.1, -0.05) is 6.92 Å². The summed E-state index contributed by atoms with van der Waals surface area (Å²) in [7, 11) is 1.20. The fourth-order valence-corrected chi connectivity index (χ4v) is 1.11. The quantitative estimate of drug-likeness (QED) is 0.464. The number of nitrogens with two attached hydrogens (primary N) is 1. The van der Waals surface area contributed by atoms with E-state index in [-0.39, 0.29) is 11.4 Å². The predicted molar refractivity (Wildman–Crippen MR) is 53.2 cm³/mol. The second kappa shape index (κ2) is 4.63. The van der Waals surface area contributed by atoms with Crippen molar-refractivity contribution in [1.29, 1.82) is 0 Å². The number of rotatable bonds is 2. The molecule has 15 heavy (non-hydrogen) atoms. The van der Waals surface area contributed by atoms with Crippen molar-refractivity contribution in [2.45, 2.75) is 13.3 Å². The van der Waals surface area contributed by atoms with Gasteiger partial charge in [-0.2, -0.15) is 0 Å². The van der Waals surface area contributed by atoms with Crippen molar-refractivity contribution < 1.29 is 18.7 Å². The Bertz CT molecular complexity index is 379. The number of hydrogen-bond acceptors (Lipinski definition) is 4. The average molecular weight is 213 g/mol. The molecule has 5 heteroatoms. The van der Waals surface area contributed by atoms with Gasteiger partial charge >= 0.3 is 6.16 Å². The number of hydrogen-bond donors (Lipinski definition) is 1.